The Labute approximate surface area is 187 Å². The summed E-state index contributed by atoms with van der Waals surface area (Å²) in [4.78, 5) is 32.4. The van der Waals surface area contributed by atoms with Gasteiger partial charge in [-0.25, -0.2) is 9.78 Å². The van der Waals surface area contributed by atoms with Gasteiger partial charge in [-0.3, -0.25) is 20.5 Å². The molecule has 3 rings (SSSR count). The van der Waals surface area contributed by atoms with Gasteiger partial charge in [0.05, 0.1) is 12.9 Å². The molecule has 2 aromatic rings. The van der Waals surface area contributed by atoms with Gasteiger partial charge in [-0.1, -0.05) is 18.2 Å². The normalized spacial score (nSPS) is 12.5. The number of amidine groups is 1. The maximum Gasteiger partial charge on any atom is 0.314 e. The molecule has 1 aliphatic heterocycles. The first-order valence-corrected chi connectivity index (χ1v) is 10.7. The van der Waals surface area contributed by atoms with Crippen molar-refractivity contribution in [2.45, 2.75) is 39.8 Å². The molecule has 1 aromatic heterocycles. The number of urea groups is 1. The average Bonchev–Trinajstić information content (AvgIpc) is 3.12. The van der Waals surface area contributed by atoms with E-state index in [4.69, 9.17) is 10.8 Å². The lowest BCUT2D eigenvalue weighted by molar-refractivity contribution is 0.0996. The van der Waals surface area contributed by atoms with E-state index in [0.29, 0.717) is 43.1 Å². The zero-order valence-electron chi connectivity index (χ0n) is 18.6. The van der Waals surface area contributed by atoms with Gasteiger partial charge in [-0.2, -0.15) is 0 Å². The Kier molecular flexibility index (Phi) is 7.19. The standard InChI is InChI=1S/C23H29N7O2/c1-4-26-23(32)27-12-11-16-7-5-8-17-18(16)13-29(22(17)31)20-10-6-9-19(28-20)21(25)30(14-24)15(2)3/h5-10,14-15,24-25H,4,11-13H2,1-3H3,(H2,26,27,32). The maximum atomic E-state index is 13.1. The third-order valence-corrected chi connectivity index (χ3v) is 5.29. The first-order valence-electron chi connectivity index (χ1n) is 10.7. The summed E-state index contributed by atoms with van der Waals surface area (Å²) in [5.41, 5.74) is 2.97. The molecule has 9 nitrogen and oxygen atoms in total. The number of nitrogens with one attached hydrogen (secondary N) is 4. The molecule has 2 heterocycles. The monoisotopic (exact) mass is 435 g/mol. The third-order valence-electron chi connectivity index (χ3n) is 5.29. The Morgan fingerprint density at radius 2 is 2.00 bits per heavy atom. The summed E-state index contributed by atoms with van der Waals surface area (Å²) in [6.07, 6.45) is 1.72. The average molecular weight is 436 g/mol. The molecule has 3 amide bonds. The van der Waals surface area contributed by atoms with Gasteiger partial charge in [0.15, 0.2) is 5.84 Å². The summed E-state index contributed by atoms with van der Waals surface area (Å²) in [7, 11) is 0. The zero-order valence-corrected chi connectivity index (χ0v) is 18.6. The van der Waals surface area contributed by atoms with Gasteiger partial charge in [-0.05, 0) is 56.5 Å². The Hall–Kier alpha value is -3.75. The molecule has 0 aliphatic carbocycles. The van der Waals surface area contributed by atoms with E-state index in [1.807, 2.05) is 32.9 Å². The Balaban J connectivity index is 1.79. The van der Waals surface area contributed by atoms with E-state index in [0.717, 1.165) is 17.5 Å². The van der Waals surface area contributed by atoms with E-state index in [-0.39, 0.29) is 23.8 Å². The second kappa shape index (κ2) is 10.0. The lowest BCUT2D eigenvalue weighted by Crippen LogP contribution is -2.36. The van der Waals surface area contributed by atoms with Crippen molar-refractivity contribution >= 4 is 29.9 Å². The van der Waals surface area contributed by atoms with E-state index in [1.165, 1.54) is 4.90 Å². The van der Waals surface area contributed by atoms with Crippen molar-refractivity contribution in [1.29, 1.82) is 10.8 Å². The number of pyridine rings is 1. The van der Waals surface area contributed by atoms with Crippen LogP contribution in [0.25, 0.3) is 0 Å². The van der Waals surface area contributed by atoms with Crippen LogP contribution in [0.3, 0.4) is 0 Å². The van der Waals surface area contributed by atoms with Crippen LogP contribution in [0.1, 0.15) is 48.0 Å². The van der Waals surface area contributed by atoms with Gasteiger partial charge in [0.25, 0.3) is 5.91 Å². The summed E-state index contributed by atoms with van der Waals surface area (Å²) in [5.74, 6) is 0.439. The van der Waals surface area contributed by atoms with Gasteiger partial charge < -0.3 is 15.5 Å². The van der Waals surface area contributed by atoms with Crippen LogP contribution in [-0.2, 0) is 13.0 Å². The SMILES string of the molecule is CCNC(=O)NCCc1cccc2c1CN(c1cccc(C(=N)N(C=N)C(C)C)n1)C2=O. The largest absolute Gasteiger partial charge is 0.338 e. The molecule has 0 saturated heterocycles. The molecule has 0 bridgehead atoms. The molecule has 168 valence electrons. The summed E-state index contributed by atoms with van der Waals surface area (Å²) in [6.45, 7) is 7.07. The fourth-order valence-electron chi connectivity index (χ4n) is 3.66. The highest BCUT2D eigenvalue weighted by Crippen LogP contribution is 2.30. The number of anilines is 1. The predicted octanol–water partition coefficient (Wildman–Crippen LogP) is 2.75. The van der Waals surface area contributed by atoms with Gasteiger partial charge in [0.2, 0.25) is 0 Å². The van der Waals surface area contributed by atoms with Crippen molar-refractivity contribution < 1.29 is 9.59 Å². The van der Waals surface area contributed by atoms with Crippen LogP contribution < -0.4 is 15.5 Å². The predicted molar refractivity (Wildman–Crippen MR) is 125 cm³/mol. The number of amides is 3. The molecule has 0 radical (unpaired) electrons. The first-order chi connectivity index (χ1) is 15.4. The molecule has 1 aliphatic rings. The third kappa shape index (κ3) is 4.77. The number of hydrogen-bond acceptors (Lipinski definition) is 5. The van der Waals surface area contributed by atoms with Crippen molar-refractivity contribution in [2.24, 2.45) is 0 Å². The highest BCUT2D eigenvalue weighted by atomic mass is 16.2. The van der Waals surface area contributed by atoms with Crippen molar-refractivity contribution in [1.82, 2.24) is 20.5 Å². The fraction of sp³-hybridized carbons (Fsp3) is 0.348. The van der Waals surface area contributed by atoms with Crippen LogP contribution >= 0.6 is 0 Å². The minimum Gasteiger partial charge on any atom is -0.338 e. The maximum absolute atomic E-state index is 13.1. The molecule has 9 heteroatoms. The topological polar surface area (TPSA) is 125 Å². The smallest absolute Gasteiger partial charge is 0.314 e. The number of carbonyl (C=O) groups excluding carboxylic acids is 2. The summed E-state index contributed by atoms with van der Waals surface area (Å²) < 4.78 is 0. The number of rotatable bonds is 8. The molecule has 0 unspecified atom stereocenters. The van der Waals surface area contributed by atoms with Crippen molar-refractivity contribution in [2.75, 3.05) is 18.0 Å². The van der Waals surface area contributed by atoms with E-state index in [9.17, 15) is 9.59 Å². The lowest BCUT2D eigenvalue weighted by Gasteiger charge is -2.24. The Morgan fingerprint density at radius 3 is 2.69 bits per heavy atom. The van der Waals surface area contributed by atoms with Crippen molar-refractivity contribution in [3.63, 3.8) is 0 Å². The van der Waals surface area contributed by atoms with E-state index in [1.54, 1.807) is 29.2 Å². The molecule has 0 atom stereocenters. The zero-order chi connectivity index (χ0) is 23.3. The van der Waals surface area contributed by atoms with Crippen LogP contribution in [0.15, 0.2) is 36.4 Å². The van der Waals surface area contributed by atoms with Crippen LogP contribution in [-0.4, -0.2) is 53.1 Å². The van der Waals surface area contributed by atoms with Crippen LogP contribution in [0.2, 0.25) is 0 Å². The van der Waals surface area contributed by atoms with Gasteiger partial charge in [0.1, 0.15) is 11.5 Å². The minimum absolute atomic E-state index is 0.0568. The highest BCUT2D eigenvalue weighted by Gasteiger charge is 2.31. The molecular formula is C23H29N7O2. The van der Waals surface area contributed by atoms with Gasteiger partial charge >= 0.3 is 6.03 Å². The number of hydrogen-bond donors (Lipinski definition) is 4. The molecule has 1 aromatic carbocycles. The molecular weight excluding hydrogens is 406 g/mol. The second-order valence-corrected chi connectivity index (χ2v) is 7.73. The van der Waals surface area contributed by atoms with Crippen LogP contribution in [0.4, 0.5) is 10.6 Å². The highest BCUT2D eigenvalue weighted by molar-refractivity contribution is 6.10. The molecule has 0 fully saturated rings. The summed E-state index contributed by atoms with van der Waals surface area (Å²) in [5, 5.41) is 21.5. The molecule has 0 spiro atoms. The number of carbonyl (C=O) groups is 2. The summed E-state index contributed by atoms with van der Waals surface area (Å²) in [6, 6.07) is 10.6. The Bertz CT molecular complexity index is 1030. The van der Waals surface area contributed by atoms with Crippen LogP contribution in [0, 0.1) is 10.8 Å². The number of benzene rings is 1. The molecule has 32 heavy (non-hydrogen) atoms. The van der Waals surface area contributed by atoms with E-state index in [2.05, 4.69) is 15.6 Å². The van der Waals surface area contributed by atoms with Crippen LogP contribution in [0.5, 0.6) is 0 Å². The second-order valence-electron chi connectivity index (χ2n) is 7.73. The summed E-state index contributed by atoms with van der Waals surface area (Å²) >= 11 is 0. The Morgan fingerprint density at radius 1 is 1.25 bits per heavy atom. The first kappa shape index (κ1) is 22.9. The lowest BCUT2D eigenvalue weighted by atomic mass is 10.0. The quantitative estimate of drug-likeness (QED) is 0.376. The van der Waals surface area contributed by atoms with Crippen molar-refractivity contribution in [3.8, 4) is 0 Å². The molecule has 0 saturated carbocycles. The van der Waals surface area contributed by atoms with Gasteiger partial charge in [-0.15, -0.1) is 0 Å². The molecule has 4 N–H and O–H groups in total. The fourth-order valence-corrected chi connectivity index (χ4v) is 3.66. The van der Waals surface area contributed by atoms with Gasteiger partial charge in [0, 0.05) is 24.7 Å². The van der Waals surface area contributed by atoms with Crippen molar-refractivity contribution in [3.05, 3.63) is 58.8 Å². The number of fused-ring (bicyclic) bond motifs is 1. The van der Waals surface area contributed by atoms with E-state index >= 15 is 0 Å². The number of nitrogens with zero attached hydrogens (tertiary/aromatic N) is 3. The van der Waals surface area contributed by atoms with E-state index < -0.39 is 0 Å². The minimum atomic E-state index is -0.207. The number of aromatic nitrogens is 1.